The number of amides is 1. The summed E-state index contributed by atoms with van der Waals surface area (Å²) in [4.78, 5) is 12.0. The Labute approximate surface area is 122 Å². The van der Waals surface area contributed by atoms with Crippen LogP contribution in [0.5, 0.6) is 0 Å². The van der Waals surface area contributed by atoms with E-state index in [-0.39, 0.29) is 5.91 Å². The third-order valence-corrected chi connectivity index (χ3v) is 3.83. The maximum absolute atomic E-state index is 12.0. The Hall–Kier alpha value is -1.61. The highest BCUT2D eigenvalue weighted by molar-refractivity contribution is 9.10. The van der Waals surface area contributed by atoms with Crippen molar-refractivity contribution in [1.82, 2.24) is 5.32 Å². The monoisotopic (exact) mass is 317 g/mol. The SMILES string of the molecule is Cc1ccc(C(=O)NCCc2ccccc2)cc1Br. The van der Waals surface area contributed by atoms with Crippen molar-refractivity contribution in [3.05, 3.63) is 69.7 Å². The number of hydrogen-bond acceptors (Lipinski definition) is 1. The van der Waals surface area contributed by atoms with Crippen LogP contribution in [0.15, 0.2) is 53.0 Å². The smallest absolute Gasteiger partial charge is 0.251 e. The zero-order chi connectivity index (χ0) is 13.7. The first-order valence-corrected chi connectivity index (χ1v) is 7.04. The molecule has 0 saturated carbocycles. The Kier molecular flexibility index (Phi) is 4.74. The average Bonchev–Trinajstić information content (AvgIpc) is 2.43. The number of carbonyl (C=O) groups is 1. The molecule has 1 N–H and O–H groups in total. The van der Waals surface area contributed by atoms with Crippen molar-refractivity contribution in [2.75, 3.05) is 6.54 Å². The summed E-state index contributed by atoms with van der Waals surface area (Å²) in [5.41, 5.74) is 3.04. The summed E-state index contributed by atoms with van der Waals surface area (Å²) in [7, 11) is 0. The number of halogens is 1. The lowest BCUT2D eigenvalue weighted by Gasteiger charge is -2.06. The van der Waals surface area contributed by atoms with Gasteiger partial charge in [-0.05, 0) is 36.6 Å². The molecule has 0 saturated heterocycles. The second kappa shape index (κ2) is 6.53. The van der Waals surface area contributed by atoms with Gasteiger partial charge in [0.15, 0.2) is 0 Å². The van der Waals surface area contributed by atoms with Crippen LogP contribution in [0, 0.1) is 6.92 Å². The van der Waals surface area contributed by atoms with Gasteiger partial charge in [0.25, 0.3) is 5.91 Å². The predicted molar refractivity (Wildman–Crippen MR) is 81.4 cm³/mol. The molecule has 2 nitrogen and oxygen atoms in total. The standard InChI is InChI=1S/C16H16BrNO/c1-12-7-8-14(11-15(12)17)16(19)18-10-9-13-5-3-2-4-6-13/h2-8,11H,9-10H2,1H3,(H,18,19). The molecule has 2 rings (SSSR count). The molecular weight excluding hydrogens is 302 g/mol. The van der Waals surface area contributed by atoms with Crippen molar-refractivity contribution < 1.29 is 4.79 Å². The first-order valence-electron chi connectivity index (χ1n) is 6.25. The van der Waals surface area contributed by atoms with Crippen LogP contribution in [-0.4, -0.2) is 12.5 Å². The molecule has 0 unspecified atom stereocenters. The van der Waals surface area contributed by atoms with Gasteiger partial charge in [-0.1, -0.05) is 52.3 Å². The third kappa shape index (κ3) is 3.93. The van der Waals surface area contributed by atoms with Crippen LogP contribution in [0.4, 0.5) is 0 Å². The fourth-order valence-electron chi connectivity index (χ4n) is 1.80. The van der Waals surface area contributed by atoms with Crippen molar-refractivity contribution in [2.24, 2.45) is 0 Å². The lowest BCUT2D eigenvalue weighted by Crippen LogP contribution is -2.25. The molecule has 0 heterocycles. The van der Waals surface area contributed by atoms with Crippen molar-refractivity contribution >= 4 is 21.8 Å². The Morgan fingerprint density at radius 1 is 1.16 bits per heavy atom. The number of benzene rings is 2. The summed E-state index contributed by atoms with van der Waals surface area (Å²) in [5, 5.41) is 2.93. The van der Waals surface area contributed by atoms with Crippen LogP contribution in [0.2, 0.25) is 0 Å². The molecule has 2 aromatic rings. The minimum atomic E-state index is -0.0309. The van der Waals surface area contributed by atoms with E-state index in [1.54, 1.807) is 0 Å². The summed E-state index contributed by atoms with van der Waals surface area (Å²) in [6.07, 6.45) is 0.847. The molecule has 0 atom stereocenters. The van der Waals surface area contributed by atoms with Gasteiger partial charge in [0, 0.05) is 16.6 Å². The molecule has 1 amide bonds. The molecule has 0 aliphatic carbocycles. The molecule has 0 bridgehead atoms. The number of aryl methyl sites for hydroxylation is 1. The van der Waals surface area contributed by atoms with Gasteiger partial charge >= 0.3 is 0 Å². The summed E-state index contributed by atoms with van der Waals surface area (Å²) >= 11 is 3.44. The van der Waals surface area contributed by atoms with E-state index in [4.69, 9.17) is 0 Å². The third-order valence-electron chi connectivity index (χ3n) is 2.98. The van der Waals surface area contributed by atoms with Crippen LogP contribution in [0.3, 0.4) is 0 Å². The molecule has 0 spiro atoms. The Balaban J connectivity index is 1.89. The summed E-state index contributed by atoms with van der Waals surface area (Å²) in [6.45, 7) is 2.65. The normalized spacial score (nSPS) is 10.2. The maximum Gasteiger partial charge on any atom is 0.251 e. The van der Waals surface area contributed by atoms with Crippen molar-refractivity contribution in [3.63, 3.8) is 0 Å². The predicted octanol–water partition coefficient (Wildman–Crippen LogP) is 3.73. The molecule has 2 aromatic carbocycles. The number of carbonyl (C=O) groups excluding carboxylic acids is 1. The molecule has 3 heteroatoms. The maximum atomic E-state index is 12.0. The Bertz CT molecular complexity index is 566. The molecular formula is C16H16BrNO. The minimum Gasteiger partial charge on any atom is -0.352 e. The van der Waals surface area contributed by atoms with E-state index in [0.29, 0.717) is 12.1 Å². The Morgan fingerprint density at radius 2 is 1.89 bits per heavy atom. The van der Waals surface area contributed by atoms with Gasteiger partial charge < -0.3 is 5.32 Å². The lowest BCUT2D eigenvalue weighted by atomic mass is 10.1. The summed E-state index contributed by atoms with van der Waals surface area (Å²) < 4.78 is 0.961. The second-order valence-corrected chi connectivity index (χ2v) is 5.31. The van der Waals surface area contributed by atoms with Crippen LogP contribution in [0.25, 0.3) is 0 Å². The molecule has 0 aliphatic rings. The number of rotatable bonds is 4. The molecule has 0 aliphatic heterocycles. The van der Waals surface area contributed by atoms with E-state index in [1.165, 1.54) is 5.56 Å². The van der Waals surface area contributed by atoms with Gasteiger partial charge in [-0.25, -0.2) is 0 Å². The zero-order valence-electron chi connectivity index (χ0n) is 10.8. The van der Waals surface area contributed by atoms with Gasteiger partial charge in [0.1, 0.15) is 0 Å². The van der Waals surface area contributed by atoms with Gasteiger partial charge in [-0.2, -0.15) is 0 Å². The topological polar surface area (TPSA) is 29.1 Å². The van der Waals surface area contributed by atoms with E-state index < -0.39 is 0 Å². The number of nitrogens with one attached hydrogen (secondary N) is 1. The van der Waals surface area contributed by atoms with E-state index in [0.717, 1.165) is 16.5 Å². The number of hydrogen-bond donors (Lipinski definition) is 1. The van der Waals surface area contributed by atoms with E-state index in [1.807, 2.05) is 43.3 Å². The summed E-state index contributed by atoms with van der Waals surface area (Å²) in [6, 6.07) is 15.8. The largest absolute Gasteiger partial charge is 0.352 e. The fourth-order valence-corrected chi connectivity index (χ4v) is 2.18. The van der Waals surface area contributed by atoms with Crippen LogP contribution in [0.1, 0.15) is 21.5 Å². The van der Waals surface area contributed by atoms with E-state index in [9.17, 15) is 4.79 Å². The lowest BCUT2D eigenvalue weighted by molar-refractivity contribution is 0.0954. The first kappa shape index (κ1) is 13.8. The van der Waals surface area contributed by atoms with Crippen molar-refractivity contribution in [3.8, 4) is 0 Å². The molecule has 19 heavy (non-hydrogen) atoms. The highest BCUT2D eigenvalue weighted by atomic mass is 79.9. The highest BCUT2D eigenvalue weighted by Crippen LogP contribution is 2.17. The van der Waals surface area contributed by atoms with Crippen molar-refractivity contribution in [1.29, 1.82) is 0 Å². The summed E-state index contributed by atoms with van der Waals surface area (Å²) in [5.74, 6) is -0.0309. The quantitative estimate of drug-likeness (QED) is 0.914. The van der Waals surface area contributed by atoms with Crippen LogP contribution < -0.4 is 5.32 Å². The molecule has 0 radical (unpaired) electrons. The zero-order valence-corrected chi connectivity index (χ0v) is 12.4. The molecule has 0 fully saturated rings. The van der Waals surface area contributed by atoms with E-state index in [2.05, 4.69) is 33.4 Å². The van der Waals surface area contributed by atoms with Gasteiger partial charge in [-0.3, -0.25) is 4.79 Å². The second-order valence-electron chi connectivity index (χ2n) is 4.46. The molecule has 0 aromatic heterocycles. The molecule has 98 valence electrons. The van der Waals surface area contributed by atoms with Gasteiger partial charge in [0.05, 0.1) is 0 Å². The van der Waals surface area contributed by atoms with Gasteiger partial charge in [0.2, 0.25) is 0 Å². The fraction of sp³-hybridized carbons (Fsp3) is 0.188. The van der Waals surface area contributed by atoms with Crippen LogP contribution >= 0.6 is 15.9 Å². The van der Waals surface area contributed by atoms with Crippen molar-refractivity contribution in [2.45, 2.75) is 13.3 Å². The van der Waals surface area contributed by atoms with E-state index >= 15 is 0 Å². The van der Waals surface area contributed by atoms with Gasteiger partial charge in [-0.15, -0.1) is 0 Å². The highest BCUT2D eigenvalue weighted by Gasteiger charge is 2.06. The average molecular weight is 318 g/mol. The minimum absolute atomic E-state index is 0.0309. The first-order chi connectivity index (χ1) is 9.16. The van der Waals surface area contributed by atoms with Crippen LogP contribution in [-0.2, 0) is 6.42 Å². The Morgan fingerprint density at radius 3 is 2.58 bits per heavy atom.